The monoisotopic (exact) mass is 398 g/mol. The third-order valence-corrected chi connectivity index (χ3v) is 4.74. The van der Waals surface area contributed by atoms with Crippen molar-refractivity contribution < 1.29 is 0 Å². The molecule has 7 heteroatoms. The highest BCUT2D eigenvalue weighted by Crippen LogP contribution is 2.14. The van der Waals surface area contributed by atoms with Gasteiger partial charge in [0.15, 0.2) is 5.96 Å². The van der Waals surface area contributed by atoms with Crippen molar-refractivity contribution >= 4 is 17.6 Å². The molecule has 0 unspecified atom stereocenters. The molecule has 1 aromatic carbocycles. The molecule has 0 aliphatic carbocycles. The molecule has 0 bridgehead atoms. The van der Waals surface area contributed by atoms with Crippen molar-refractivity contribution in [2.45, 2.75) is 26.6 Å². The first-order valence-electron chi connectivity index (χ1n) is 9.39. The van der Waals surface area contributed by atoms with Crippen LogP contribution in [0, 0.1) is 0 Å². The molecule has 148 valence electrons. The largest absolute Gasteiger partial charge is 0.357 e. The van der Waals surface area contributed by atoms with Crippen molar-refractivity contribution in [1.29, 1.82) is 0 Å². The Kier molecular flexibility index (Phi) is 6.76. The van der Waals surface area contributed by atoms with Gasteiger partial charge in [0.05, 0.1) is 24.4 Å². The fourth-order valence-corrected chi connectivity index (χ4v) is 3.29. The summed E-state index contributed by atoms with van der Waals surface area (Å²) in [6, 6.07) is 10.5. The van der Waals surface area contributed by atoms with E-state index >= 15 is 0 Å². The van der Waals surface area contributed by atoms with Crippen molar-refractivity contribution in [1.82, 2.24) is 24.3 Å². The average Bonchev–Trinajstić information content (AvgIpc) is 3.29. The van der Waals surface area contributed by atoms with Crippen LogP contribution in [0.25, 0.3) is 0 Å². The van der Waals surface area contributed by atoms with Gasteiger partial charge >= 0.3 is 0 Å². The summed E-state index contributed by atoms with van der Waals surface area (Å²) in [6.45, 7) is 5.09. The van der Waals surface area contributed by atoms with Gasteiger partial charge in [0.1, 0.15) is 0 Å². The zero-order chi connectivity index (χ0) is 19.9. The van der Waals surface area contributed by atoms with Crippen LogP contribution in [-0.2, 0) is 26.7 Å². The van der Waals surface area contributed by atoms with E-state index in [0.717, 1.165) is 36.3 Å². The van der Waals surface area contributed by atoms with Gasteiger partial charge < -0.3 is 19.4 Å². The van der Waals surface area contributed by atoms with Crippen LogP contribution < -0.4 is 5.32 Å². The SMILES string of the molecule is CCNC(=NCc1ccc(Cn2ccnc2)cc1)N(C)Cc1cc(Cl)cn1C. The lowest BCUT2D eigenvalue weighted by Gasteiger charge is -2.22. The van der Waals surface area contributed by atoms with E-state index in [-0.39, 0.29) is 0 Å². The number of imidazole rings is 1. The molecule has 0 amide bonds. The number of aliphatic imine (C=N–C) groups is 1. The molecule has 0 saturated carbocycles. The standard InChI is InChI=1S/C21H27ClN6/c1-4-24-21(27(3)15-20-11-19(22)14-26(20)2)25-12-17-5-7-18(8-6-17)13-28-10-9-23-16-28/h5-11,14,16H,4,12-13,15H2,1-3H3,(H,24,25). The number of benzene rings is 1. The Morgan fingerprint density at radius 2 is 2.00 bits per heavy atom. The first-order valence-corrected chi connectivity index (χ1v) is 9.76. The molecule has 0 aliphatic rings. The molecule has 0 radical (unpaired) electrons. The first kappa shape index (κ1) is 20.0. The molecular formula is C21H27ClN6. The van der Waals surface area contributed by atoms with Crippen molar-refractivity contribution in [3.63, 3.8) is 0 Å². The zero-order valence-electron chi connectivity index (χ0n) is 16.6. The third kappa shape index (κ3) is 5.39. The van der Waals surface area contributed by atoms with Crippen molar-refractivity contribution in [3.8, 4) is 0 Å². The average molecular weight is 399 g/mol. The van der Waals surface area contributed by atoms with E-state index in [4.69, 9.17) is 16.6 Å². The Hall–Kier alpha value is -2.73. The summed E-state index contributed by atoms with van der Waals surface area (Å²) >= 11 is 6.10. The minimum Gasteiger partial charge on any atom is -0.357 e. The number of aromatic nitrogens is 3. The second-order valence-electron chi connectivity index (χ2n) is 6.84. The number of nitrogens with one attached hydrogen (secondary N) is 1. The molecule has 0 atom stereocenters. The predicted octanol–water partition coefficient (Wildman–Crippen LogP) is 3.52. The van der Waals surface area contributed by atoms with E-state index in [9.17, 15) is 0 Å². The van der Waals surface area contributed by atoms with Gasteiger partial charge in [0.2, 0.25) is 0 Å². The van der Waals surface area contributed by atoms with Gasteiger partial charge in [-0.15, -0.1) is 0 Å². The Balaban J connectivity index is 1.63. The van der Waals surface area contributed by atoms with Gasteiger partial charge in [-0.1, -0.05) is 35.9 Å². The number of halogens is 1. The molecule has 1 N–H and O–H groups in total. The highest BCUT2D eigenvalue weighted by atomic mass is 35.5. The Bertz CT molecular complexity index is 896. The highest BCUT2D eigenvalue weighted by Gasteiger charge is 2.09. The molecule has 3 aromatic rings. The molecule has 6 nitrogen and oxygen atoms in total. The third-order valence-electron chi connectivity index (χ3n) is 4.53. The number of aryl methyl sites for hydroxylation is 1. The summed E-state index contributed by atoms with van der Waals surface area (Å²) in [5, 5.41) is 4.12. The smallest absolute Gasteiger partial charge is 0.194 e. The summed E-state index contributed by atoms with van der Waals surface area (Å²) in [5.74, 6) is 0.877. The number of guanidine groups is 1. The Morgan fingerprint density at radius 3 is 2.61 bits per heavy atom. The second-order valence-corrected chi connectivity index (χ2v) is 7.27. The van der Waals surface area contributed by atoms with Crippen LogP contribution in [0.15, 0.2) is 60.2 Å². The number of hydrogen-bond acceptors (Lipinski definition) is 2. The maximum Gasteiger partial charge on any atom is 0.194 e. The van der Waals surface area contributed by atoms with E-state index in [1.807, 2.05) is 43.4 Å². The fourth-order valence-electron chi connectivity index (χ4n) is 3.02. The molecule has 0 aliphatic heterocycles. The van der Waals surface area contributed by atoms with Gasteiger partial charge in [0, 0.05) is 51.5 Å². The van der Waals surface area contributed by atoms with Gasteiger partial charge in [-0.05, 0) is 24.1 Å². The molecule has 0 spiro atoms. The fraction of sp³-hybridized carbons (Fsp3) is 0.333. The number of rotatable bonds is 7. The lowest BCUT2D eigenvalue weighted by atomic mass is 10.1. The Labute approximate surface area is 171 Å². The van der Waals surface area contributed by atoms with E-state index < -0.39 is 0 Å². The molecule has 2 aromatic heterocycles. The van der Waals surface area contributed by atoms with Crippen LogP contribution >= 0.6 is 11.6 Å². The van der Waals surface area contributed by atoms with E-state index in [1.54, 1.807) is 6.20 Å². The van der Waals surface area contributed by atoms with Crippen molar-refractivity contribution in [2.75, 3.05) is 13.6 Å². The van der Waals surface area contributed by atoms with Gasteiger partial charge in [0.25, 0.3) is 0 Å². The van der Waals surface area contributed by atoms with Gasteiger partial charge in [-0.2, -0.15) is 0 Å². The lowest BCUT2D eigenvalue weighted by Crippen LogP contribution is -2.38. The topological polar surface area (TPSA) is 50.4 Å². The van der Waals surface area contributed by atoms with Crippen LogP contribution in [0.5, 0.6) is 0 Å². The van der Waals surface area contributed by atoms with E-state index in [1.165, 1.54) is 11.1 Å². The maximum absolute atomic E-state index is 6.10. The van der Waals surface area contributed by atoms with Crippen molar-refractivity contribution in [3.05, 3.63) is 77.1 Å². The van der Waals surface area contributed by atoms with Crippen LogP contribution in [0.1, 0.15) is 23.7 Å². The minimum absolute atomic E-state index is 0.631. The van der Waals surface area contributed by atoms with Gasteiger partial charge in [-0.25, -0.2) is 9.98 Å². The molecule has 2 heterocycles. The lowest BCUT2D eigenvalue weighted by molar-refractivity contribution is 0.462. The second kappa shape index (κ2) is 9.46. The minimum atomic E-state index is 0.631. The summed E-state index contributed by atoms with van der Waals surface area (Å²) in [6.07, 6.45) is 7.51. The van der Waals surface area contributed by atoms with E-state index in [0.29, 0.717) is 6.54 Å². The van der Waals surface area contributed by atoms with Crippen molar-refractivity contribution in [2.24, 2.45) is 12.0 Å². The predicted molar refractivity (Wildman–Crippen MR) is 114 cm³/mol. The normalized spacial score (nSPS) is 11.6. The van der Waals surface area contributed by atoms with E-state index in [2.05, 4.69) is 51.0 Å². The van der Waals surface area contributed by atoms with Crippen LogP contribution in [0.3, 0.4) is 0 Å². The Morgan fingerprint density at radius 1 is 1.25 bits per heavy atom. The highest BCUT2D eigenvalue weighted by molar-refractivity contribution is 6.30. The van der Waals surface area contributed by atoms with Crippen LogP contribution in [-0.4, -0.2) is 38.6 Å². The van der Waals surface area contributed by atoms with Crippen LogP contribution in [0.4, 0.5) is 0 Å². The molecule has 0 fully saturated rings. The zero-order valence-corrected chi connectivity index (χ0v) is 17.4. The molecule has 0 saturated heterocycles. The summed E-state index contributed by atoms with van der Waals surface area (Å²) in [7, 11) is 4.04. The number of nitrogens with zero attached hydrogens (tertiary/aromatic N) is 5. The first-order chi connectivity index (χ1) is 13.5. The number of hydrogen-bond donors (Lipinski definition) is 1. The summed E-state index contributed by atoms with van der Waals surface area (Å²) < 4.78 is 4.10. The van der Waals surface area contributed by atoms with Gasteiger partial charge in [-0.3, -0.25) is 0 Å². The summed E-state index contributed by atoms with van der Waals surface area (Å²) in [5.41, 5.74) is 3.57. The molecule has 28 heavy (non-hydrogen) atoms. The van der Waals surface area contributed by atoms with Crippen LogP contribution in [0.2, 0.25) is 5.02 Å². The molecular weight excluding hydrogens is 372 g/mol. The quantitative estimate of drug-likeness (QED) is 0.489. The maximum atomic E-state index is 6.10. The molecule has 3 rings (SSSR count). The summed E-state index contributed by atoms with van der Waals surface area (Å²) in [4.78, 5) is 11.0.